The van der Waals surface area contributed by atoms with Gasteiger partial charge in [-0.15, -0.1) is 0 Å². The fourth-order valence-electron chi connectivity index (χ4n) is 3.89. The van der Waals surface area contributed by atoms with Crippen molar-refractivity contribution in [3.63, 3.8) is 0 Å². The van der Waals surface area contributed by atoms with Gasteiger partial charge in [-0.3, -0.25) is 9.59 Å². The topological polar surface area (TPSA) is 70.6 Å². The lowest BCUT2D eigenvalue weighted by Crippen LogP contribution is -2.40. The zero-order valence-corrected chi connectivity index (χ0v) is 19.9. The largest absolute Gasteiger partial charge is 0.403 e. The first-order valence-electron chi connectivity index (χ1n) is 11.3. The number of hydrogen-bond acceptors (Lipinski definition) is 3. The molecule has 4 rings (SSSR count). The average Bonchev–Trinajstić information content (AvgIpc) is 3.69. The second-order valence-corrected chi connectivity index (χ2v) is 9.47. The molecular formula is C26H25ClF3N3O2. The van der Waals surface area contributed by atoms with Crippen LogP contribution in [0.15, 0.2) is 54.0 Å². The normalized spacial score (nSPS) is 17.0. The minimum absolute atomic E-state index is 0.126. The molecule has 0 aliphatic heterocycles. The molecule has 0 saturated heterocycles. The predicted molar refractivity (Wildman–Crippen MR) is 129 cm³/mol. The second-order valence-electron chi connectivity index (χ2n) is 9.06. The number of carbonyl (C=O) groups is 2. The summed E-state index contributed by atoms with van der Waals surface area (Å²) >= 11 is 6.39. The van der Waals surface area contributed by atoms with Crippen molar-refractivity contribution in [2.75, 3.05) is 0 Å². The van der Waals surface area contributed by atoms with Crippen molar-refractivity contribution in [3.8, 4) is 0 Å². The van der Waals surface area contributed by atoms with E-state index in [1.54, 1.807) is 18.2 Å². The molecule has 9 heteroatoms. The van der Waals surface area contributed by atoms with Crippen LogP contribution in [0.25, 0.3) is 5.70 Å². The van der Waals surface area contributed by atoms with Gasteiger partial charge in [0, 0.05) is 19.0 Å². The summed E-state index contributed by atoms with van der Waals surface area (Å²) in [4.78, 5) is 28.6. The maximum atomic E-state index is 13.2. The highest BCUT2D eigenvalue weighted by molar-refractivity contribution is 6.34. The van der Waals surface area contributed by atoms with Crippen LogP contribution in [-0.4, -0.2) is 23.8 Å². The van der Waals surface area contributed by atoms with E-state index in [-0.39, 0.29) is 36.2 Å². The Labute approximate surface area is 206 Å². The van der Waals surface area contributed by atoms with Crippen molar-refractivity contribution in [2.24, 2.45) is 10.4 Å². The number of nitrogens with zero attached hydrogens (tertiary/aromatic N) is 1. The Morgan fingerprint density at radius 1 is 1.17 bits per heavy atom. The van der Waals surface area contributed by atoms with Crippen LogP contribution in [0.1, 0.15) is 60.8 Å². The molecule has 0 bridgehead atoms. The van der Waals surface area contributed by atoms with Crippen molar-refractivity contribution >= 4 is 34.9 Å². The number of aliphatic imine (C=N–C) groups is 1. The summed E-state index contributed by atoms with van der Waals surface area (Å²) in [5.41, 5.74) is 1.02. The molecule has 0 radical (unpaired) electrons. The van der Waals surface area contributed by atoms with Gasteiger partial charge >= 0.3 is 6.18 Å². The van der Waals surface area contributed by atoms with E-state index < -0.39 is 17.5 Å². The quantitative estimate of drug-likeness (QED) is 0.374. The minimum atomic E-state index is -4.58. The highest BCUT2D eigenvalue weighted by atomic mass is 35.5. The first-order chi connectivity index (χ1) is 16.5. The van der Waals surface area contributed by atoms with E-state index in [0.717, 1.165) is 18.4 Å². The summed E-state index contributed by atoms with van der Waals surface area (Å²) in [6, 6.07) is 12.6. The van der Waals surface area contributed by atoms with Crippen LogP contribution < -0.4 is 10.6 Å². The van der Waals surface area contributed by atoms with Gasteiger partial charge in [0.25, 0.3) is 0 Å². The van der Waals surface area contributed by atoms with Crippen LogP contribution in [0, 0.1) is 5.41 Å². The van der Waals surface area contributed by atoms with Crippen molar-refractivity contribution in [3.05, 3.63) is 76.3 Å². The highest BCUT2D eigenvalue weighted by Gasteiger charge is 2.68. The van der Waals surface area contributed by atoms with Crippen LogP contribution in [0.5, 0.6) is 0 Å². The molecule has 2 aromatic rings. The minimum Gasteiger partial charge on any atom is -0.351 e. The molecule has 184 valence electrons. The summed E-state index contributed by atoms with van der Waals surface area (Å²) in [6.45, 7) is 5.24. The summed E-state index contributed by atoms with van der Waals surface area (Å²) < 4.78 is 39.6. The van der Waals surface area contributed by atoms with Crippen molar-refractivity contribution in [1.82, 2.24) is 10.6 Å². The summed E-state index contributed by atoms with van der Waals surface area (Å²) in [5.74, 6) is -0.707. The molecule has 2 aromatic carbocycles. The Morgan fingerprint density at radius 3 is 2.49 bits per heavy atom. The molecule has 2 fully saturated rings. The Morgan fingerprint density at radius 2 is 1.89 bits per heavy atom. The van der Waals surface area contributed by atoms with E-state index >= 15 is 0 Å². The third-order valence-corrected chi connectivity index (χ3v) is 6.61. The van der Waals surface area contributed by atoms with E-state index in [4.69, 9.17) is 11.6 Å². The number of amides is 2. The molecule has 2 saturated carbocycles. The number of benzene rings is 2. The molecule has 2 aliphatic carbocycles. The van der Waals surface area contributed by atoms with Gasteiger partial charge in [0.05, 0.1) is 10.7 Å². The lowest BCUT2D eigenvalue weighted by molar-refractivity contribution is -0.192. The molecular weight excluding hydrogens is 479 g/mol. The van der Waals surface area contributed by atoms with Crippen molar-refractivity contribution < 1.29 is 22.8 Å². The van der Waals surface area contributed by atoms with Crippen LogP contribution in [0.2, 0.25) is 5.02 Å². The van der Waals surface area contributed by atoms with E-state index in [1.807, 2.05) is 18.2 Å². The van der Waals surface area contributed by atoms with Gasteiger partial charge < -0.3 is 10.6 Å². The lowest BCUT2D eigenvalue weighted by atomic mass is 10.0. The van der Waals surface area contributed by atoms with Gasteiger partial charge in [0.1, 0.15) is 11.3 Å². The first kappa shape index (κ1) is 25.0. The average molecular weight is 504 g/mol. The number of alkyl halides is 3. The molecule has 0 atom stereocenters. The Kier molecular flexibility index (Phi) is 6.77. The Hall–Kier alpha value is -3.13. The van der Waals surface area contributed by atoms with Crippen molar-refractivity contribution in [2.45, 2.75) is 51.2 Å². The third-order valence-electron chi connectivity index (χ3n) is 6.28. The van der Waals surface area contributed by atoms with Crippen LogP contribution >= 0.6 is 11.6 Å². The van der Waals surface area contributed by atoms with E-state index in [2.05, 4.69) is 28.3 Å². The number of rotatable bonds is 7. The molecule has 0 unspecified atom stereocenters. The summed E-state index contributed by atoms with van der Waals surface area (Å²) in [7, 11) is 0. The lowest BCUT2D eigenvalue weighted by Gasteiger charge is -2.19. The molecule has 2 N–H and O–H groups in total. The molecule has 0 aromatic heterocycles. The number of nitrogens with one attached hydrogen (secondary N) is 2. The van der Waals surface area contributed by atoms with Gasteiger partial charge in [0.2, 0.25) is 11.8 Å². The maximum Gasteiger partial charge on any atom is 0.403 e. The van der Waals surface area contributed by atoms with Crippen molar-refractivity contribution in [1.29, 1.82) is 0 Å². The van der Waals surface area contributed by atoms with Gasteiger partial charge in [-0.1, -0.05) is 42.4 Å². The van der Waals surface area contributed by atoms with Crippen LogP contribution in [0.3, 0.4) is 0 Å². The van der Waals surface area contributed by atoms with E-state index in [1.165, 1.54) is 12.5 Å². The van der Waals surface area contributed by atoms with Gasteiger partial charge in [0.15, 0.2) is 0 Å². The second kappa shape index (κ2) is 9.49. The number of carbonyl (C=O) groups excluding carboxylic acids is 2. The standard InChI is InChI=1S/C26H25ClF3N3O2/c1-15(19-4-3-5-20(13-19)18-7-8-18)32-23(33-16(2)34)21-12-17(6-9-22(21)27)14-31-24(35)25(10-11-25)26(28,29)30/h3-6,9,12-13,18H,1,7-8,10-11,14H2,2H3,(H,31,35)(H,32,33,34). The van der Waals surface area contributed by atoms with E-state index in [9.17, 15) is 22.8 Å². The summed E-state index contributed by atoms with van der Waals surface area (Å²) in [6.07, 6.45) is -2.70. The molecule has 0 heterocycles. The van der Waals surface area contributed by atoms with Gasteiger partial charge in [-0.25, -0.2) is 4.99 Å². The fraction of sp³-hybridized carbons (Fsp3) is 0.346. The zero-order chi connectivity index (χ0) is 25.4. The van der Waals surface area contributed by atoms with Crippen LogP contribution in [-0.2, 0) is 16.1 Å². The smallest absolute Gasteiger partial charge is 0.351 e. The monoisotopic (exact) mass is 503 g/mol. The fourth-order valence-corrected chi connectivity index (χ4v) is 4.10. The van der Waals surface area contributed by atoms with Gasteiger partial charge in [-0.2, -0.15) is 13.2 Å². The number of amidine groups is 1. The predicted octanol–water partition coefficient (Wildman–Crippen LogP) is 5.73. The van der Waals surface area contributed by atoms with Crippen LogP contribution in [0.4, 0.5) is 13.2 Å². The highest BCUT2D eigenvalue weighted by Crippen LogP contribution is 2.57. The molecule has 0 spiro atoms. The zero-order valence-electron chi connectivity index (χ0n) is 19.1. The maximum absolute atomic E-state index is 13.2. The molecule has 5 nitrogen and oxygen atoms in total. The number of halogens is 4. The molecule has 2 amide bonds. The third kappa shape index (κ3) is 5.59. The molecule has 2 aliphatic rings. The summed E-state index contributed by atoms with van der Waals surface area (Å²) in [5, 5.41) is 5.32. The Balaban J connectivity index is 1.57. The number of hydrogen-bond donors (Lipinski definition) is 2. The molecule has 35 heavy (non-hydrogen) atoms. The first-order valence-corrected chi connectivity index (χ1v) is 11.7. The SMILES string of the molecule is C=C(N=C(NC(C)=O)c1cc(CNC(=O)C2(C(F)(F)F)CC2)ccc1Cl)c1cccc(C2CC2)c1. The Bertz CT molecular complexity index is 1210. The van der Waals surface area contributed by atoms with E-state index in [0.29, 0.717) is 22.7 Å². The van der Waals surface area contributed by atoms with Gasteiger partial charge in [-0.05, 0) is 66.5 Å².